The molecule has 0 saturated carbocycles. The van der Waals surface area contributed by atoms with Crippen LogP contribution in [0, 0.1) is 0 Å². The summed E-state index contributed by atoms with van der Waals surface area (Å²) in [6.45, 7) is 4.59. The van der Waals surface area contributed by atoms with Crippen molar-refractivity contribution in [2.45, 2.75) is 19.3 Å². The van der Waals surface area contributed by atoms with Crippen LogP contribution in [0.25, 0.3) is 95.3 Å². The molecule has 1 aliphatic rings. The number of benzene rings is 7. The van der Waals surface area contributed by atoms with Crippen molar-refractivity contribution in [3.63, 3.8) is 0 Å². The average molecular weight is 708 g/mol. The van der Waals surface area contributed by atoms with E-state index in [0.29, 0.717) is 23.4 Å². The number of aromatic nitrogens is 5. The first-order chi connectivity index (χ1) is 27.0. The van der Waals surface area contributed by atoms with Gasteiger partial charge in [-0.05, 0) is 76.9 Å². The van der Waals surface area contributed by atoms with Gasteiger partial charge in [-0.25, -0.2) is 19.9 Å². The number of nitrogens with zero attached hydrogens (tertiary/aromatic N) is 5. The smallest absolute Gasteiger partial charge is 0.227 e. The zero-order valence-electron chi connectivity index (χ0n) is 30.2. The highest BCUT2D eigenvalue weighted by Gasteiger charge is 2.37. The van der Waals surface area contributed by atoms with Crippen LogP contribution in [0.5, 0.6) is 0 Å². The minimum atomic E-state index is -0.133. The van der Waals surface area contributed by atoms with Gasteiger partial charge >= 0.3 is 0 Å². The van der Waals surface area contributed by atoms with Crippen LogP contribution in [0.3, 0.4) is 0 Å². The molecule has 55 heavy (non-hydrogen) atoms. The van der Waals surface area contributed by atoms with Crippen LogP contribution in [0.2, 0.25) is 0 Å². The Morgan fingerprint density at radius 3 is 1.95 bits per heavy atom. The van der Waals surface area contributed by atoms with E-state index < -0.39 is 0 Å². The van der Waals surface area contributed by atoms with Gasteiger partial charge in [0, 0.05) is 44.1 Å². The van der Waals surface area contributed by atoms with Crippen molar-refractivity contribution >= 4 is 32.9 Å². The van der Waals surface area contributed by atoms with Crippen molar-refractivity contribution in [1.82, 2.24) is 24.5 Å². The second-order valence-corrected chi connectivity index (χ2v) is 14.7. The van der Waals surface area contributed by atoms with Gasteiger partial charge in [0.25, 0.3) is 0 Å². The van der Waals surface area contributed by atoms with Crippen molar-refractivity contribution in [3.05, 3.63) is 175 Å². The molecule has 1 aliphatic carbocycles. The minimum absolute atomic E-state index is 0.133. The Hall–Kier alpha value is -7.18. The molecule has 7 aromatic carbocycles. The average Bonchev–Trinajstić information content (AvgIpc) is 3.89. The SMILES string of the molecule is CC1(C)c2ccccc2-c2c(-c3nc(-c4ccccc4)nc(-c4ccc(-n5c6ccccc6c6ccc(-c7nc8ccccc8o7)cc65)cc4)n3)cccc21. The summed E-state index contributed by atoms with van der Waals surface area (Å²) >= 11 is 0. The number of oxazole rings is 1. The monoisotopic (exact) mass is 707 g/mol. The minimum Gasteiger partial charge on any atom is -0.436 e. The lowest BCUT2D eigenvalue weighted by molar-refractivity contribution is 0.620. The molecule has 0 N–H and O–H groups in total. The molecule has 0 unspecified atom stereocenters. The lowest BCUT2D eigenvalue weighted by Gasteiger charge is -2.21. The van der Waals surface area contributed by atoms with E-state index in [2.05, 4.69) is 140 Å². The Morgan fingerprint density at radius 1 is 0.473 bits per heavy atom. The first-order valence-electron chi connectivity index (χ1n) is 18.6. The maximum Gasteiger partial charge on any atom is 0.227 e. The lowest BCUT2D eigenvalue weighted by atomic mass is 9.82. The van der Waals surface area contributed by atoms with E-state index in [1.165, 1.54) is 27.6 Å². The highest BCUT2D eigenvalue weighted by molar-refractivity contribution is 6.10. The molecule has 0 amide bonds. The van der Waals surface area contributed by atoms with Crippen LogP contribution in [-0.4, -0.2) is 24.5 Å². The number of hydrogen-bond acceptors (Lipinski definition) is 5. The summed E-state index contributed by atoms with van der Waals surface area (Å²) < 4.78 is 8.49. The normalized spacial score (nSPS) is 13.1. The van der Waals surface area contributed by atoms with Crippen LogP contribution in [0.1, 0.15) is 25.0 Å². The summed E-state index contributed by atoms with van der Waals surface area (Å²) in [5, 5.41) is 2.34. The summed E-state index contributed by atoms with van der Waals surface area (Å²) in [6.07, 6.45) is 0. The Labute approximate surface area is 317 Å². The Morgan fingerprint density at radius 2 is 1.11 bits per heavy atom. The predicted molar refractivity (Wildman–Crippen MR) is 221 cm³/mol. The van der Waals surface area contributed by atoms with Crippen LogP contribution >= 0.6 is 0 Å². The summed E-state index contributed by atoms with van der Waals surface area (Å²) in [7, 11) is 0. The van der Waals surface area contributed by atoms with Crippen molar-refractivity contribution in [2.75, 3.05) is 0 Å². The third kappa shape index (κ3) is 4.88. The molecule has 6 nitrogen and oxygen atoms in total. The van der Waals surface area contributed by atoms with E-state index in [1.54, 1.807) is 0 Å². The molecular weight excluding hydrogens is 675 g/mol. The summed E-state index contributed by atoms with van der Waals surface area (Å²) in [5.74, 6) is 2.53. The molecule has 6 heteroatoms. The molecule has 0 atom stereocenters. The van der Waals surface area contributed by atoms with Gasteiger partial charge < -0.3 is 8.98 Å². The fourth-order valence-corrected chi connectivity index (χ4v) is 8.42. The standard InChI is InChI=1S/C49H33N5O/c1-49(2)38-18-8-6-16-36(38)44-37(17-12-19-39(44)49)47-52-45(30-13-4-3-5-14-30)51-46(53-47)31-23-26-33(27-24-31)54-41-21-10-7-15-34(41)35-28-25-32(29-42(35)54)48-50-40-20-9-11-22-43(40)55-48/h3-29H,1-2H3. The van der Waals surface area contributed by atoms with E-state index in [4.69, 9.17) is 24.4 Å². The van der Waals surface area contributed by atoms with E-state index in [9.17, 15) is 0 Å². The van der Waals surface area contributed by atoms with Crippen molar-refractivity contribution in [2.24, 2.45) is 0 Å². The lowest BCUT2D eigenvalue weighted by Crippen LogP contribution is -2.14. The molecule has 0 saturated heterocycles. The highest BCUT2D eigenvalue weighted by atomic mass is 16.3. The Bertz CT molecular complexity index is 3090. The van der Waals surface area contributed by atoms with E-state index >= 15 is 0 Å². The van der Waals surface area contributed by atoms with Gasteiger partial charge in [0.2, 0.25) is 5.89 Å². The number of fused-ring (bicyclic) bond motifs is 7. The fourth-order valence-electron chi connectivity index (χ4n) is 8.42. The third-order valence-electron chi connectivity index (χ3n) is 11.1. The molecular formula is C49H33N5O. The molecule has 3 heterocycles. The predicted octanol–water partition coefficient (Wildman–Crippen LogP) is 12.1. The first kappa shape index (κ1) is 31.4. The molecule has 0 bridgehead atoms. The molecule has 260 valence electrons. The van der Waals surface area contributed by atoms with Gasteiger partial charge in [-0.2, -0.15) is 0 Å². The number of hydrogen-bond donors (Lipinski definition) is 0. The maximum atomic E-state index is 6.18. The fraction of sp³-hybridized carbons (Fsp3) is 0.0612. The molecule has 10 aromatic rings. The molecule has 0 fully saturated rings. The zero-order valence-corrected chi connectivity index (χ0v) is 30.2. The van der Waals surface area contributed by atoms with E-state index in [1.807, 2.05) is 42.5 Å². The molecule has 0 spiro atoms. The Kier molecular flexibility index (Phi) is 6.79. The van der Waals surface area contributed by atoms with Crippen LogP contribution < -0.4 is 0 Å². The van der Waals surface area contributed by atoms with Gasteiger partial charge in [0.15, 0.2) is 23.1 Å². The van der Waals surface area contributed by atoms with Crippen LogP contribution in [0.4, 0.5) is 0 Å². The summed E-state index contributed by atoms with van der Waals surface area (Å²) in [5.41, 5.74) is 13.5. The van der Waals surface area contributed by atoms with Crippen molar-refractivity contribution < 1.29 is 4.42 Å². The van der Waals surface area contributed by atoms with E-state index in [-0.39, 0.29) is 5.41 Å². The summed E-state index contributed by atoms with van der Waals surface area (Å²) in [4.78, 5) is 20.2. The molecule has 0 radical (unpaired) electrons. The largest absolute Gasteiger partial charge is 0.436 e. The molecule has 11 rings (SSSR count). The van der Waals surface area contributed by atoms with Gasteiger partial charge in [-0.15, -0.1) is 0 Å². The third-order valence-corrected chi connectivity index (χ3v) is 11.1. The zero-order chi connectivity index (χ0) is 36.7. The maximum absolute atomic E-state index is 6.18. The van der Waals surface area contributed by atoms with Gasteiger partial charge in [-0.1, -0.05) is 123 Å². The van der Waals surface area contributed by atoms with Crippen LogP contribution in [-0.2, 0) is 5.41 Å². The van der Waals surface area contributed by atoms with Crippen molar-refractivity contribution in [1.29, 1.82) is 0 Å². The first-order valence-corrected chi connectivity index (χ1v) is 18.6. The number of rotatable bonds is 5. The summed E-state index contributed by atoms with van der Waals surface area (Å²) in [6, 6.07) is 56.7. The topological polar surface area (TPSA) is 69.6 Å². The van der Waals surface area contributed by atoms with Crippen molar-refractivity contribution in [3.8, 4) is 62.4 Å². The molecule has 3 aromatic heterocycles. The second kappa shape index (κ2) is 11.9. The van der Waals surface area contributed by atoms with Crippen LogP contribution in [0.15, 0.2) is 168 Å². The quantitative estimate of drug-likeness (QED) is 0.178. The molecule has 0 aliphatic heterocycles. The number of para-hydroxylation sites is 3. The second-order valence-electron chi connectivity index (χ2n) is 14.7. The van der Waals surface area contributed by atoms with E-state index in [0.717, 1.165) is 55.5 Å². The van der Waals surface area contributed by atoms with Gasteiger partial charge in [0.05, 0.1) is 11.0 Å². The highest BCUT2D eigenvalue weighted by Crippen LogP contribution is 2.51. The van der Waals surface area contributed by atoms with Gasteiger partial charge in [-0.3, -0.25) is 0 Å². The van der Waals surface area contributed by atoms with Gasteiger partial charge in [0.1, 0.15) is 5.52 Å². The Balaban J connectivity index is 1.06.